The van der Waals surface area contributed by atoms with Crippen LogP contribution in [-0.2, 0) is 0 Å². The number of nitrogens with two attached hydrogens (primary N) is 1. The standard InChI is InChI=1S/C12H27N3/c1-10(2)12(9-13,11(3)4)15-7-5-14-6-8-15/h10-11,14H,5-9,13H2,1-4H3. The second kappa shape index (κ2) is 5.28. The molecule has 0 aliphatic carbocycles. The van der Waals surface area contributed by atoms with Crippen LogP contribution in [0.25, 0.3) is 0 Å². The van der Waals surface area contributed by atoms with Crippen LogP contribution in [0.5, 0.6) is 0 Å². The predicted octanol–water partition coefficient (Wildman–Crippen LogP) is 0.901. The molecule has 0 aromatic carbocycles. The Hall–Kier alpha value is -0.120. The highest BCUT2D eigenvalue weighted by Gasteiger charge is 2.41. The molecule has 3 heteroatoms. The Kier molecular flexibility index (Phi) is 4.56. The number of hydrogen-bond donors (Lipinski definition) is 2. The molecule has 1 rings (SSSR count). The number of hydrogen-bond acceptors (Lipinski definition) is 3. The van der Waals surface area contributed by atoms with Gasteiger partial charge in [-0.3, -0.25) is 4.90 Å². The smallest absolute Gasteiger partial charge is 0.0378 e. The van der Waals surface area contributed by atoms with Crippen molar-refractivity contribution in [2.45, 2.75) is 33.2 Å². The van der Waals surface area contributed by atoms with E-state index in [9.17, 15) is 0 Å². The lowest BCUT2D eigenvalue weighted by Crippen LogP contribution is -2.64. The van der Waals surface area contributed by atoms with Crippen molar-refractivity contribution in [3.8, 4) is 0 Å². The summed E-state index contributed by atoms with van der Waals surface area (Å²) in [6.07, 6.45) is 0. The highest BCUT2D eigenvalue weighted by Crippen LogP contribution is 2.32. The predicted molar refractivity (Wildman–Crippen MR) is 65.9 cm³/mol. The lowest BCUT2D eigenvalue weighted by atomic mass is 9.75. The molecule has 0 aromatic rings. The minimum atomic E-state index is 0.183. The summed E-state index contributed by atoms with van der Waals surface area (Å²) >= 11 is 0. The average Bonchev–Trinajstić information content (AvgIpc) is 2.20. The molecule has 1 aliphatic rings. The normalized spacial score (nSPS) is 20.2. The van der Waals surface area contributed by atoms with Crippen LogP contribution < -0.4 is 11.1 Å². The number of nitrogens with zero attached hydrogens (tertiary/aromatic N) is 1. The van der Waals surface area contributed by atoms with E-state index in [1.807, 2.05) is 0 Å². The van der Waals surface area contributed by atoms with E-state index in [4.69, 9.17) is 5.73 Å². The van der Waals surface area contributed by atoms with Gasteiger partial charge in [-0.05, 0) is 11.8 Å². The van der Waals surface area contributed by atoms with Crippen LogP contribution >= 0.6 is 0 Å². The Morgan fingerprint density at radius 1 is 1.13 bits per heavy atom. The van der Waals surface area contributed by atoms with E-state index in [-0.39, 0.29) is 5.54 Å². The van der Waals surface area contributed by atoms with Crippen molar-refractivity contribution in [1.82, 2.24) is 10.2 Å². The zero-order valence-corrected chi connectivity index (χ0v) is 10.7. The molecule has 1 saturated heterocycles. The third kappa shape index (κ3) is 2.35. The minimum absolute atomic E-state index is 0.183. The molecule has 0 spiro atoms. The van der Waals surface area contributed by atoms with Gasteiger partial charge in [-0.1, -0.05) is 27.7 Å². The Balaban J connectivity index is 2.86. The molecule has 0 aromatic heterocycles. The van der Waals surface area contributed by atoms with Crippen LogP contribution in [0.2, 0.25) is 0 Å². The highest BCUT2D eigenvalue weighted by molar-refractivity contribution is 4.98. The van der Waals surface area contributed by atoms with Crippen LogP contribution in [0, 0.1) is 11.8 Å². The summed E-state index contributed by atoms with van der Waals surface area (Å²) in [5, 5.41) is 3.41. The Bertz CT molecular complexity index is 175. The van der Waals surface area contributed by atoms with E-state index in [2.05, 4.69) is 37.9 Å². The van der Waals surface area contributed by atoms with Crippen LogP contribution in [0.1, 0.15) is 27.7 Å². The van der Waals surface area contributed by atoms with Crippen molar-refractivity contribution in [2.75, 3.05) is 32.7 Å². The van der Waals surface area contributed by atoms with Crippen LogP contribution in [-0.4, -0.2) is 43.2 Å². The topological polar surface area (TPSA) is 41.3 Å². The summed E-state index contributed by atoms with van der Waals surface area (Å²) in [4.78, 5) is 2.60. The first-order valence-corrected chi connectivity index (χ1v) is 6.21. The maximum absolute atomic E-state index is 6.08. The molecule has 90 valence electrons. The second-order valence-electron chi connectivity index (χ2n) is 5.24. The van der Waals surface area contributed by atoms with Gasteiger partial charge in [0, 0.05) is 38.3 Å². The molecule has 1 aliphatic heterocycles. The summed E-state index contributed by atoms with van der Waals surface area (Å²) < 4.78 is 0. The molecule has 3 N–H and O–H groups in total. The molecule has 1 heterocycles. The van der Waals surface area contributed by atoms with Gasteiger partial charge in [0.25, 0.3) is 0 Å². The van der Waals surface area contributed by atoms with Gasteiger partial charge >= 0.3 is 0 Å². The molecule has 3 nitrogen and oxygen atoms in total. The van der Waals surface area contributed by atoms with Gasteiger partial charge < -0.3 is 11.1 Å². The molecule has 0 saturated carbocycles. The van der Waals surface area contributed by atoms with E-state index < -0.39 is 0 Å². The summed E-state index contributed by atoms with van der Waals surface area (Å²) in [6.45, 7) is 14.4. The van der Waals surface area contributed by atoms with E-state index >= 15 is 0 Å². The van der Waals surface area contributed by atoms with Crippen LogP contribution in [0.4, 0.5) is 0 Å². The molecule has 1 fully saturated rings. The van der Waals surface area contributed by atoms with Gasteiger partial charge in [0.2, 0.25) is 0 Å². The van der Waals surface area contributed by atoms with Gasteiger partial charge in [0.1, 0.15) is 0 Å². The third-order valence-corrected chi connectivity index (χ3v) is 4.03. The Morgan fingerprint density at radius 3 is 1.93 bits per heavy atom. The summed E-state index contributed by atoms with van der Waals surface area (Å²) in [6, 6.07) is 0. The molecule has 0 amide bonds. The second-order valence-corrected chi connectivity index (χ2v) is 5.24. The Labute approximate surface area is 94.4 Å². The maximum atomic E-state index is 6.08. The fourth-order valence-corrected chi connectivity index (χ4v) is 3.08. The minimum Gasteiger partial charge on any atom is -0.329 e. The molecular formula is C12H27N3. The van der Waals surface area contributed by atoms with Crippen molar-refractivity contribution in [3.63, 3.8) is 0 Å². The summed E-state index contributed by atoms with van der Waals surface area (Å²) in [7, 11) is 0. The average molecular weight is 213 g/mol. The quantitative estimate of drug-likeness (QED) is 0.729. The number of rotatable bonds is 4. The van der Waals surface area contributed by atoms with Gasteiger partial charge in [-0.15, -0.1) is 0 Å². The molecule has 0 radical (unpaired) electrons. The van der Waals surface area contributed by atoms with E-state index in [1.165, 1.54) is 0 Å². The van der Waals surface area contributed by atoms with Crippen molar-refractivity contribution in [3.05, 3.63) is 0 Å². The fourth-order valence-electron chi connectivity index (χ4n) is 3.08. The van der Waals surface area contributed by atoms with Crippen molar-refractivity contribution >= 4 is 0 Å². The Morgan fingerprint density at radius 2 is 1.60 bits per heavy atom. The largest absolute Gasteiger partial charge is 0.329 e. The number of piperazine rings is 1. The van der Waals surface area contributed by atoms with Crippen molar-refractivity contribution in [1.29, 1.82) is 0 Å². The molecule has 15 heavy (non-hydrogen) atoms. The van der Waals surface area contributed by atoms with E-state index in [0.717, 1.165) is 32.7 Å². The lowest BCUT2D eigenvalue weighted by Gasteiger charge is -2.51. The molecular weight excluding hydrogens is 186 g/mol. The van der Waals surface area contributed by atoms with Gasteiger partial charge in [0.05, 0.1) is 0 Å². The summed E-state index contributed by atoms with van der Waals surface area (Å²) in [5.74, 6) is 1.22. The molecule has 0 atom stereocenters. The van der Waals surface area contributed by atoms with E-state index in [1.54, 1.807) is 0 Å². The third-order valence-electron chi connectivity index (χ3n) is 4.03. The van der Waals surface area contributed by atoms with Crippen molar-refractivity contribution < 1.29 is 0 Å². The zero-order valence-electron chi connectivity index (χ0n) is 10.7. The van der Waals surface area contributed by atoms with Gasteiger partial charge in [-0.2, -0.15) is 0 Å². The SMILES string of the molecule is CC(C)C(CN)(C(C)C)N1CCNCC1. The first-order chi connectivity index (χ1) is 7.05. The first-order valence-electron chi connectivity index (χ1n) is 6.21. The maximum Gasteiger partial charge on any atom is 0.0378 e. The van der Waals surface area contributed by atoms with Crippen LogP contribution in [0.15, 0.2) is 0 Å². The molecule has 0 bridgehead atoms. The number of nitrogens with one attached hydrogen (secondary N) is 1. The van der Waals surface area contributed by atoms with Crippen LogP contribution in [0.3, 0.4) is 0 Å². The lowest BCUT2D eigenvalue weighted by molar-refractivity contribution is 0.00199. The zero-order chi connectivity index (χ0) is 11.5. The van der Waals surface area contributed by atoms with Gasteiger partial charge in [0.15, 0.2) is 0 Å². The highest BCUT2D eigenvalue weighted by atomic mass is 15.3. The fraction of sp³-hybridized carbons (Fsp3) is 1.00. The van der Waals surface area contributed by atoms with Crippen molar-refractivity contribution in [2.24, 2.45) is 17.6 Å². The van der Waals surface area contributed by atoms with Gasteiger partial charge in [-0.25, -0.2) is 0 Å². The monoisotopic (exact) mass is 213 g/mol. The van der Waals surface area contributed by atoms with E-state index in [0.29, 0.717) is 11.8 Å². The first kappa shape index (κ1) is 12.9. The molecule has 0 unspecified atom stereocenters. The summed E-state index contributed by atoms with van der Waals surface area (Å²) in [5.41, 5.74) is 6.26.